The Morgan fingerprint density at radius 3 is 2.89 bits per heavy atom. The molecule has 92 valence electrons. The molecule has 0 spiro atoms. The summed E-state index contributed by atoms with van der Waals surface area (Å²) in [7, 11) is 0. The van der Waals surface area contributed by atoms with Crippen LogP contribution in [0.5, 0.6) is 0 Å². The van der Waals surface area contributed by atoms with Gasteiger partial charge >= 0.3 is 0 Å². The van der Waals surface area contributed by atoms with Crippen LogP contribution in [-0.4, -0.2) is 23.3 Å². The Labute approximate surface area is 107 Å². The van der Waals surface area contributed by atoms with Crippen molar-refractivity contribution in [3.05, 3.63) is 24.3 Å². The molecule has 1 atom stereocenters. The molecular formula is C12H11N3O2S. The van der Waals surface area contributed by atoms with Gasteiger partial charge in [-0.15, -0.1) is 0 Å². The number of amides is 2. The summed E-state index contributed by atoms with van der Waals surface area (Å²) in [4.78, 5) is 28.9. The van der Waals surface area contributed by atoms with Gasteiger partial charge in [0.1, 0.15) is 0 Å². The lowest BCUT2D eigenvalue weighted by Gasteiger charge is -2.11. The molecule has 0 aliphatic carbocycles. The quantitative estimate of drug-likeness (QED) is 0.880. The van der Waals surface area contributed by atoms with Gasteiger partial charge in [-0.2, -0.15) is 0 Å². The molecule has 1 aromatic carbocycles. The van der Waals surface area contributed by atoms with Crippen LogP contribution in [0.1, 0.15) is 6.42 Å². The van der Waals surface area contributed by atoms with E-state index in [1.165, 1.54) is 11.3 Å². The van der Waals surface area contributed by atoms with Crippen molar-refractivity contribution in [1.82, 2.24) is 4.98 Å². The predicted molar refractivity (Wildman–Crippen MR) is 69.3 cm³/mol. The molecule has 0 saturated carbocycles. The van der Waals surface area contributed by atoms with Gasteiger partial charge < -0.3 is 5.73 Å². The molecule has 0 radical (unpaired) electrons. The highest BCUT2D eigenvalue weighted by Gasteiger charge is 2.35. The minimum atomic E-state index is -0.424. The number of hydrogen-bond acceptors (Lipinski definition) is 4. The number of nitrogens with two attached hydrogens (primary N) is 1. The monoisotopic (exact) mass is 261 g/mol. The molecule has 1 aliphatic heterocycles. The summed E-state index contributed by atoms with van der Waals surface area (Å²) in [5.41, 5.74) is 6.11. The predicted octanol–water partition coefficient (Wildman–Crippen LogP) is 1.13. The highest BCUT2D eigenvalue weighted by Crippen LogP contribution is 2.32. The summed E-state index contributed by atoms with van der Waals surface area (Å²) in [6.07, 6.45) is 0.186. The van der Waals surface area contributed by atoms with Crippen LogP contribution in [0.25, 0.3) is 10.2 Å². The minimum Gasteiger partial charge on any atom is -0.369 e. The van der Waals surface area contributed by atoms with Crippen molar-refractivity contribution in [3.63, 3.8) is 0 Å². The lowest BCUT2D eigenvalue weighted by atomic mass is 10.1. The number of benzene rings is 1. The fourth-order valence-corrected chi connectivity index (χ4v) is 3.05. The van der Waals surface area contributed by atoms with Crippen LogP contribution < -0.4 is 10.6 Å². The largest absolute Gasteiger partial charge is 0.369 e. The van der Waals surface area contributed by atoms with E-state index in [0.717, 1.165) is 10.2 Å². The number of aromatic nitrogens is 1. The van der Waals surface area contributed by atoms with Crippen LogP contribution in [0.4, 0.5) is 5.13 Å². The first-order valence-corrected chi connectivity index (χ1v) is 6.42. The second kappa shape index (κ2) is 4.06. The summed E-state index contributed by atoms with van der Waals surface area (Å²) in [5, 5.41) is 0.643. The lowest BCUT2D eigenvalue weighted by Crippen LogP contribution is -2.28. The number of rotatable bonds is 2. The number of carbonyl (C=O) groups is 2. The maximum Gasteiger partial charge on any atom is 0.229 e. The topological polar surface area (TPSA) is 76.3 Å². The second-order valence-electron chi connectivity index (χ2n) is 4.27. The SMILES string of the molecule is NC(=O)[C@@H]1CC(=O)N(c2nc3ccccc3s2)C1. The molecule has 3 rings (SSSR count). The number of thiazole rings is 1. The van der Waals surface area contributed by atoms with Crippen LogP contribution in [0, 0.1) is 5.92 Å². The molecule has 2 aromatic rings. The first-order valence-electron chi connectivity index (χ1n) is 5.60. The highest BCUT2D eigenvalue weighted by molar-refractivity contribution is 7.22. The van der Waals surface area contributed by atoms with E-state index in [1.807, 2.05) is 24.3 Å². The molecule has 1 fully saturated rings. The molecular weight excluding hydrogens is 250 g/mol. The van der Waals surface area contributed by atoms with E-state index in [2.05, 4.69) is 4.98 Å². The van der Waals surface area contributed by atoms with Crippen LogP contribution in [0.2, 0.25) is 0 Å². The molecule has 18 heavy (non-hydrogen) atoms. The summed E-state index contributed by atoms with van der Waals surface area (Å²) in [5.74, 6) is -0.908. The van der Waals surface area contributed by atoms with Gasteiger partial charge in [0.25, 0.3) is 0 Å². The normalized spacial score (nSPS) is 19.7. The van der Waals surface area contributed by atoms with Gasteiger partial charge in [-0.3, -0.25) is 14.5 Å². The molecule has 1 aromatic heterocycles. The van der Waals surface area contributed by atoms with E-state index in [1.54, 1.807) is 4.90 Å². The van der Waals surface area contributed by atoms with Crippen molar-refractivity contribution < 1.29 is 9.59 Å². The minimum absolute atomic E-state index is 0.0853. The standard InChI is InChI=1S/C12H11N3O2S/c13-11(17)7-5-10(16)15(6-7)12-14-8-3-1-2-4-9(8)18-12/h1-4,7H,5-6H2,(H2,13,17)/t7-/m1/s1. The molecule has 5 nitrogen and oxygen atoms in total. The highest BCUT2D eigenvalue weighted by atomic mass is 32.1. The first-order chi connectivity index (χ1) is 8.65. The zero-order valence-electron chi connectivity index (χ0n) is 9.50. The summed E-state index contributed by atoms with van der Waals surface area (Å²) < 4.78 is 1.03. The van der Waals surface area contributed by atoms with Crippen molar-refractivity contribution in [2.24, 2.45) is 11.7 Å². The number of hydrogen-bond donors (Lipinski definition) is 1. The smallest absolute Gasteiger partial charge is 0.229 e. The molecule has 2 N–H and O–H groups in total. The van der Waals surface area contributed by atoms with Crippen molar-refractivity contribution in [1.29, 1.82) is 0 Å². The molecule has 1 aliphatic rings. The van der Waals surface area contributed by atoms with Crippen LogP contribution in [0.15, 0.2) is 24.3 Å². The van der Waals surface area contributed by atoms with Gasteiger partial charge in [-0.25, -0.2) is 4.98 Å². The Kier molecular flexibility index (Phi) is 2.52. The van der Waals surface area contributed by atoms with Crippen LogP contribution in [0.3, 0.4) is 0 Å². The molecule has 6 heteroatoms. The van der Waals surface area contributed by atoms with Gasteiger partial charge in [-0.1, -0.05) is 23.5 Å². The maximum atomic E-state index is 11.9. The number of primary amides is 1. The zero-order chi connectivity index (χ0) is 12.7. The van der Waals surface area contributed by atoms with Gasteiger partial charge in [-0.05, 0) is 12.1 Å². The van der Waals surface area contributed by atoms with Gasteiger partial charge in [0.2, 0.25) is 11.8 Å². The molecule has 0 unspecified atom stereocenters. The fraction of sp³-hybridized carbons (Fsp3) is 0.250. The second-order valence-corrected chi connectivity index (χ2v) is 5.28. The van der Waals surface area contributed by atoms with Crippen LogP contribution in [-0.2, 0) is 9.59 Å². The molecule has 1 saturated heterocycles. The average molecular weight is 261 g/mol. The van der Waals surface area contributed by atoms with E-state index >= 15 is 0 Å². The Hall–Kier alpha value is -1.95. The third kappa shape index (κ3) is 1.74. The Bertz CT molecular complexity index is 604. The van der Waals surface area contributed by atoms with E-state index in [4.69, 9.17) is 5.73 Å². The van der Waals surface area contributed by atoms with Crippen molar-refractivity contribution in [3.8, 4) is 0 Å². The lowest BCUT2D eigenvalue weighted by molar-refractivity contribution is -0.123. The van der Waals surface area contributed by atoms with Gasteiger partial charge in [0, 0.05) is 13.0 Å². The zero-order valence-corrected chi connectivity index (χ0v) is 10.3. The number of carbonyl (C=O) groups excluding carboxylic acids is 2. The number of para-hydroxylation sites is 1. The summed E-state index contributed by atoms with van der Waals surface area (Å²) in [6.45, 7) is 0.341. The van der Waals surface area contributed by atoms with E-state index in [-0.39, 0.29) is 12.3 Å². The molecule has 2 amide bonds. The third-order valence-electron chi connectivity index (χ3n) is 3.04. The molecule has 0 bridgehead atoms. The number of anilines is 1. The number of nitrogens with zero attached hydrogens (tertiary/aromatic N) is 2. The summed E-state index contributed by atoms with van der Waals surface area (Å²) >= 11 is 1.45. The third-order valence-corrected chi connectivity index (χ3v) is 4.10. The molecule has 2 heterocycles. The van der Waals surface area contributed by atoms with E-state index < -0.39 is 11.8 Å². The van der Waals surface area contributed by atoms with Gasteiger partial charge in [0.15, 0.2) is 5.13 Å². The average Bonchev–Trinajstić information content (AvgIpc) is 2.91. The maximum absolute atomic E-state index is 11.9. The van der Waals surface area contributed by atoms with Crippen molar-refractivity contribution in [2.75, 3.05) is 11.4 Å². The van der Waals surface area contributed by atoms with Gasteiger partial charge in [0.05, 0.1) is 16.1 Å². The number of fused-ring (bicyclic) bond motifs is 1. The Balaban J connectivity index is 1.95. The Morgan fingerprint density at radius 1 is 1.44 bits per heavy atom. The van der Waals surface area contributed by atoms with Crippen LogP contribution >= 0.6 is 11.3 Å². The van der Waals surface area contributed by atoms with E-state index in [9.17, 15) is 9.59 Å². The van der Waals surface area contributed by atoms with E-state index in [0.29, 0.717) is 11.7 Å². The first kappa shape index (κ1) is 11.2. The Morgan fingerprint density at radius 2 is 2.22 bits per heavy atom. The van der Waals surface area contributed by atoms with Crippen molar-refractivity contribution >= 4 is 38.5 Å². The summed E-state index contributed by atoms with van der Waals surface area (Å²) in [6, 6.07) is 7.70. The van der Waals surface area contributed by atoms with Crippen molar-refractivity contribution in [2.45, 2.75) is 6.42 Å². The fourth-order valence-electron chi connectivity index (χ4n) is 2.06.